The molecule has 1 amide bonds. The van der Waals surface area contributed by atoms with E-state index in [1.54, 1.807) is 0 Å². The molecule has 1 atom stereocenters. The number of carbonyl (C=O) groups is 1. The predicted octanol–water partition coefficient (Wildman–Crippen LogP) is 3.08. The fourth-order valence-electron chi connectivity index (χ4n) is 1.27. The molecule has 0 bridgehead atoms. The van der Waals surface area contributed by atoms with E-state index >= 15 is 0 Å². The van der Waals surface area contributed by atoms with Crippen molar-refractivity contribution in [2.24, 2.45) is 0 Å². The van der Waals surface area contributed by atoms with Gasteiger partial charge < -0.3 is 5.32 Å². The lowest BCUT2D eigenvalue weighted by Crippen LogP contribution is -2.35. The summed E-state index contributed by atoms with van der Waals surface area (Å²) >= 11 is 0. The first-order chi connectivity index (χ1) is 6.65. The molecule has 0 aliphatic rings. The van der Waals surface area contributed by atoms with E-state index in [4.69, 9.17) is 0 Å². The molecule has 2 heteroatoms. The van der Waals surface area contributed by atoms with Crippen LogP contribution < -0.4 is 5.32 Å². The molecule has 0 aromatic carbocycles. The Hall–Kier alpha value is -0.530. The minimum atomic E-state index is 0.162. The van der Waals surface area contributed by atoms with Gasteiger partial charge in [-0.1, -0.05) is 33.6 Å². The van der Waals surface area contributed by atoms with Crippen molar-refractivity contribution >= 4 is 5.91 Å². The average Bonchev–Trinajstić information content (AvgIpc) is 2.18. The smallest absolute Gasteiger partial charge is 0.227 e. The van der Waals surface area contributed by atoms with E-state index in [1.807, 2.05) is 6.92 Å². The van der Waals surface area contributed by atoms with Gasteiger partial charge in [0.2, 0.25) is 5.91 Å². The van der Waals surface area contributed by atoms with Crippen molar-refractivity contribution < 1.29 is 4.79 Å². The maximum Gasteiger partial charge on any atom is 0.227 e. The molecule has 0 saturated carbocycles. The molecule has 83 valence electrons. The second-order valence-corrected chi connectivity index (χ2v) is 3.84. The first-order valence-electron chi connectivity index (χ1n) is 5.81. The van der Waals surface area contributed by atoms with Crippen molar-refractivity contribution in [1.82, 2.24) is 5.32 Å². The van der Waals surface area contributed by atoms with Gasteiger partial charge in [0, 0.05) is 6.04 Å². The zero-order valence-electron chi connectivity index (χ0n) is 10.0. The molecular formula is C12H24NO. The molecule has 0 heterocycles. The van der Waals surface area contributed by atoms with Crippen molar-refractivity contribution in [3.05, 3.63) is 5.92 Å². The molecule has 0 aliphatic heterocycles. The van der Waals surface area contributed by atoms with E-state index in [2.05, 4.69) is 26.1 Å². The van der Waals surface area contributed by atoms with Gasteiger partial charge in [0.15, 0.2) is 0 Å². The molecule has 14 heavy (non-hydrogen) atoms. The monoisotopic (exact) mass is 198 g/mol. The Morgan fingerprint density at radius 1 is 1.29 bits per heavy atom. The summed E-state index contributed by atoms with van der Waals surface area (Å²) in [6.07, 6.45) is 5.10. The van der Waals surface area contributed by atoms with E-state index in [0.717, 1.165) is 38.0 Å². The van der Waals surface area contributed by atoms with Gasteiger partial charge in [0.25, 0.3) is 0 Å². The van der Waals surface area contributed by atoms with Gasteiger partial charge in [-0.15, -0.1) is 0 Å². The van der Waals surface area contributed by atoms with Crippen LogP contribution in [0.4, 0.5) is 0 Å². The van der Waals surface area contributed by atoms with E-state index in [0.29, 0.717) is 6.04 Å². The van der Waals surface area contributed by atoms with Crippen LogP contribution >= 0.6 is 0 Å². The predicted molar refractivity (Wildman–Crippen MR) is 61.0 cm³/mol. The van der Waals surface area contributed by atoms with Gasteiger partial charge in [-0.05, 0) is 26.2 Å². The summed E-state index contributed by atoms with van der Waals surface area (Å²) in [6, 6.07) is 0.297. The Morgan fingerprint density at radius 3 is 2.36 bits per heavy atom. The van der Waals surface area contributed by atoms with Crippen molar-refractivity contribution in [2.45, 2.75) is 65.8 Å². The quantitative estimate of drug-likeness (QED) is 0.669. The van der Waals surface area contributed by atoms with E-state index in [1.165, 1.54) is 0 Å². The van der Waals surface area contributed by atoms with E-state index in [-0.39, 0.29) is 5.91 Å². The second-order valence-electron chi connectivity index (χ2n) is 3.84. The van der Waals surface area contributed by atoms with Crippen molar-refractivity contribution in [2.75, 3.05) is 0 Å². The molecule has 2 nitrogen and oxygen atoms in total. The molecule has 0 aliphatic carbocycles. The summed E-state index contributed by atoms with van der Waals surface area (Å²) in [5.74, 6) is 1.21. The summed E-state index contributed by atoms with van der Waals surface area (Å²) < 4.78 is 0. The second kappa shape index (κ2) is 7.84. The summed E-state index contributed by atoms with van der Waals surface area (Å²) in [6.45, 7) is 8.34. The summed E-state index contributed by atoms with van der Waals surface area (Å²) in [7, 11) is 0. The van der Waals surface area contributed by atoms with Gasteiger partial charge in [0.1, 0.15) is 0 Å². The van der Waals surface area contributed by atoms with Crippen LogP contribution in [0.3, 0.4) is 0 Å². The maximum absolute atomic E-state index is 11.7. The average molecular weight is 198 g/mol. The van der Waals surface area contributed by atoms with Crippen LogP contribution in [0.1, 0.15) is 59.8 Å². The highest BCUT2D eigenvalue weighted by Crippen LogP contribution is 2.15. The molecule has 1 N–H and O–H groups in total. The molecule has 0 aromatic rings. The van der Waals surface area contributed by atoms with Gasteiger partial charge in [-0.2, -0.15) is 0 Å². The Kier molecular flexibility index (Phi) is 7.54. The molecule has 1 radical (unpaired) electrons. The highest BCUT2D eigenvalue weighted by atomic mass is 16.1. The lowest BCUT2D eigenvalue weighted by molar-refractivity contribution is -0.120. The zero-order chi connectivity index (χ0) is 11.0. The summed E-state index contributed by atoms with van der Waals surface area (Å²) in [4.78, 5) is 11.7. The number of unbranched alkanes of at least 4 members (excludes halogenated alkanes) is 1. The number of carbonyl (C=O) groups excluding carboxylic acids is 1. The van der Waals surface area contributed by atoms with E-state index in [9.17, 15) is 4.79 Å². The largest absolute Gasteiger partial charge is 0.353 e. The summed E-state index contributed by atoms with van der Waals surface area (Å²) in [5.41, 5.74) is 0. The number of rotatable bonds is 7. The lowest BCUT2D eigenvalue weighted by Gasteiger charge is -2.17. The topological polar surface area (TPSA) is 29.1 Å². The van der Waals surface area contributed by atoms with Gasteiger partial charge in [-0.3, -0.25) is 4.79 Å². The Balaban J connectivity index is 3.90. The fraction of sp³-hybridized carbons (Fsp3) is 0.833. The molecule has 0 fully saturated rings. The molecule has 0 rings (SSSR count). The highest BCUT2D eigenvalue weighted by molar-refractivity contribution is 5.89. The third-order valence-corrected chi connectivity index (χ3v) is 2.57. The van der Waals surface area contributed by atoms with Crippen molar-refractivity contribution in [1.29, 1.82) is 0 Å². The number of nitrogens with one attached hydrogen (secondary N) is 1. The van der Waals surface area contributed by atoms with Crippen molar-refractivity contribution in [3.63, 3.8) is 0 Å². The first kappa shape index (κ1) is 13.5. The Labute approximate surface area is 88.5 Å². The zero-order valence-corrected chi connectivity index (χ0v) is 10.0. The molecule has 0 aromatic heterocycles. The molecular weight excluding hydrogens is 174 g/mol. The first-order valence-corrected chi connectivity index (χ1v) is 5.81. The maximum atomic E-state index is 11.7. The molecule has 1 unspecified atom stereocenters. The highest BCUT2D eigenvalue weighted by Gasteiger charge is 2.17. The van der Waals surface area contributed by atoms with Crippen molar-refractivity contribution in [3.8, 4) is 0 Å². The van der Waals surface area contributed by atoms with Crippen LogP contribution in [-0.4, -0.2) is 11.9 Å². The Morgan fingerprint density at radius 2 is 1.93 bits per heavy atom. The van der Waals surface area contributed by atoms with Gasteiger partial charge in [-0.25, -0.2) is 0 Å². The third kappa shape index (κ3) is 5.25. The van der Waals surface area contributed by atoms with Gasteiger partial charge >= 0.3 is 0 Å². The SMILES string of the molecule is CCCC[C](CC)C(=O)NC(C)CC. The van der Waals surface area contributed by atoms with Gasteiger partial charge in [0.05, 0.1) is 5.92 Å². The summed E-state index contributed by atoms with van der Waals surface area (Å²) in [5, 5.41) is 3.01. The van der Waals surface area contributed by atoms with Crippen LogP contribution in [0.2, 0.25) is 0 Å². The minimum Gasteiger partial charge on any atom is -0.353 e. The van der Waals surface area contributed by atoms with Crippen LogP contribution in [0, 0.1) is 5.92 Å². The minimum absolute atomic E-state index is 0.162. The third-order valence-electron chi connectivity index (χ3n) is 2.57. The van der Waals surface area contributed by atoms with E-state index < -0.39 is 0 Å². The van der Waals surface area contributed by atoms with Crippen LogP contribution in [0.5, 0.6) is 0 Å². The number of hydrogen-bond acceptors (Lipinski definition) is 1. The lowest BCUT2D eigenvalue weighted by atomic mass is 9.98. The number of amides is 1. The van der Waals surface area contributed by atoms with Crippen LogP contribution in [0.25, 0.3) is 0 Å². The van der Waals surface area contributed by atoms with Crippen LogP contribution in [0.15, 0.2) is 0 Å². The molecule has 0 spiro atoms. The standard InChI is InChI=1S/C12H24NO/c1-5-8-9-11(7-3)12(14)13-10(4)6-2/h10H,5-9H2,1-4H3,(H,13,14). The number of hydrogen-bond donors (Lipinski definition) is 1. The molecule has 0 saturated heterocycles. The Bertz CT molecular complexity index is 156. The normalized spacial score (nSPS) is 12.9. The fourth-order valence-corrected chi connectivity index (χ4v) is 1.27. The van der Waals surface area contributed by atoms with Crippen LogP contribution in [-0.2, 0) is 4.79 Å².